The van der Waals surface area contributed by atoms with Crippen LogP contribution in [0, 0.1) is 0 Å². The molecule has 0 spiro atoms. The number of hydrogen-bond acceptors (Lipinski definition) is 12. The largest absolute Gasteiger partial charge is 0.515 e. The molecule has 0 amide bonds. The van der Waals surface area contributed by atoms with Crippen molar-refractivity contribution in [1.82, 2.24) is 9.97 Å². The molecule has 34 heavy (non-hydrogen) atoms. The molecule has 0 saturated heterocycles. The lowest BCUT2D eigenvalue weighted by molar-refractivity contribution is 0.0891. The van der Waals surface area contributed by atoms with Crippen molar-refractivity contribution >= 4 is 12.3 Å². The third-order valence-electron chi connectivity index (χ3n) is 4.58. The van der Waals surface area contributed by atoms with E-state index in [0.717, 1.165) is 12.4 Å². The van der Waals surface area contributed by atoms with Crippen LogP contribution in [0.5, 0.6) is 34.8 Å². The molecule has 0 unspecified atom stereocenters. The highest BCUT2D eigenvalue weighted by Gasteiger charge is 2.17. The topological polar surface area (TPSA) is 134 Å². The standard InChI is InChI=1S/C22H16N2O10/c25-21(27-8-13-1-3-15-17(5-13)31-11-29-15)33-19-7-20(24-10-23-19)34-22(26)28-9-14-2-4-16-18(6-14)32-12-30-16/h1-7,10H,8-9,11-12H2. The van der Waals surface area contributed by atoms with Gasteiger partial charge < -0.3 is 37.9 Å². The summed E-state index contributed by atoms with van der Waals surface area (Å²) in [4.78, 5) is 31.5. The summed E-state index contributed by atoms with van der Waals surface area (Å²) in [6.07, 6.45) is -0.957. The maximum absolute atomic E-state index is 12.0. The summed E-state index contributed by atoms with van der Waals surface area (Å²) >= 11 is 0. The first-order valence-electron chi connectivity index (χ1n) is 9.91. The predicted molar refractivity (Wildman–Crippen MR) is 109 cm³/mol. The fourth-order valence-electron chi connectivity index (χ4n) is 3.01. The minimum absolute atomic E-state index is 0.0594. The number of benzene rings is 2. The summed E-state index contributed by atoms with van der Waals surface area (Å²) in [7, 11) is 0. The van der Waals surface area contributed by atoms with E-state index in [0.29, 0.717) is 34.1 Å². The van der Waals surface area contributed by atoms with Crippen molar-refractivity contribution < 1.29 is 47.5 Å². The van der Waals surface area contributed by atoms with E-state index in [1.54, 1.807) is 36.4 Å². The number of carbonyl (C=O) groups excluding carboxylic acids is 2. The Morgan fingerprint density at radius 3 is 1.65 bits per heavy atom. The van der Waals surface area contributed by atoms with Gasteiger partial charge >= 0.3 is 12.3 Å². The van der Waals surface area contributed by atoms with E-state index in [9.17, 15) is 9.59 Å². The third-order valence-corrected chi connectivity index (χ3v) is 4.58. The van der Waals surface area contributed by atoms with Crippen LogP contribution in [0.3, 0.4) is 0 Å². The van der Waals surface area contributed by atoms with Crippen molar-refractivity contribution in [3.8, 4) is 34.8 Å². The lowest BCUT2D eigenvalue weighted by Crippen LogP contribution is -2.13. The Bertz CT molecular complexity index is 1140. The summed E-state index contributed by atoms with van der Waals surface area (Å²) in [6.45, 7) is 0.170. The van der Waals surface area contributed by atoms with Gasteiger partial charge in [0.05, 0.1) is 6.07 Å². The third kappa shape index (κ3) is 5.01. The molecule has 0 bridgehead atoms. The Kier molecular flexibility index (Phi) is 5.84. The number of nitrogens with zero attached hydrogens (tertiary/aromatic N) is 2. The number of carbonyl (C=O) groups is 2. The van der Waals surface area contributed by atoms with E-state index in [2.05, 4.69) is 9.97 Å². The molecular weight excluding hydrogens is 452 g/mol. The Hall–Kier alpha value is -4.74. The Balaban J connectivity index is 1.10. The van der Waals surface area contributed by atoms with Crippen LogP contribution in [0.1, 0.15) is 11.1 Å². The zero-order valence-electron chi connectivity index (χ0n) is 17.4. The summed E-state index contributed by atoms with van der Waals surface area (Å²) in [5.41, 5.74) is 1.36. The first kappa shape index (κ1) is 21.1. The van der Waals surface area contributed by atoms with Crippen LogP contribution in [0.25, 0.3) is 0 Å². The van der Waals surface area contributed by atoms with Gasteiger partial charge in [-0.05, 0) is 35.4 Å². The van der Waals surface area contributed by atoms with E-state index < -0.39 is 12.3 Å². The Morgan fingerprint density at radius 1 is 0.676 bits per heavy atom. The first-order valence-corrected chi connectivity index (χ1v) is 9.91. The average Bonchev–Trinajstić information content (AvgIpc) is 3.50. The molecule has 0 radical (unpaired) electrons. The van der Waals surface area contributed by atoms with Gasteiger partial charge in [0.25, 0.3) is 0 Å². The maximum Gasteiger partial charge on any atom is 0.515 e. The fraction of sp³-hybridized carbons (Fsp3) is 0.182. The molecule has 0 saturated carbocycles. The summed E-state index contributed by atoms with van der Waals surface area (Å²) in [5.74, 6) is 2.02. The lowest BCUT2D eigenvalue weighted by atomic mass is 10.2. The lowest BCUT2D eigenvalue weighted by Gasteiger charge is -2.08. The monoisotopic (exact) mass is 468 g/mol. The highest BCUT2D eigenvalue weighted by Crippen LogP contribution is 2.33. The molecule has 3 aromatic rings. The van der Waals surface area contributed by atoms with Gasteiger partial charge in [-0.15, -0.1) is 0 Å². The quantitative estimate of drug-likeness (QED) is 0.491. The maximum atomic E-state index is 12.0. The molecule has 0 fully saturated rings. The van der Waals surface area contributed by atoms with Crippen molar-refractivity contribution in [3.63, 3.8) is 0 Å². The number of fused-ring (bicyclic) bond motifs is 2. The van der Waals surface area contributed by atoms with Crippen molar-refractivity contribution in [2.24, 2.45) is 0 Å². The highest BCUT2D eigenvalue weighted by molar-refractivity contribution is 5.65. The van der Waals surface area contributed by atoms with E-state index in [1.807, 2.05) is 0 Å². The molecule has 12 heteroatoms. The van der Waals surface area contributed by atoms with Crippen LogP contribution < -0.4 is 28.4 Å². The summed E-state index contributed by atoms with van der Waals surface area (Å²) in [5, 5.41) is 0. The Morgan fingerprint density at radius 2 is 1.15 bits per heavy atom. The SMILES string of the molecule is O=C(OCc1ccc2c(c1)OCO2)Oc1cc(OC(=O)OCc2ccc3c(c2)OCO3)ncn1. The van der Waals surface area contributed by atoms with Crippen molar-refractivity contribution in [3.05, 3.63) is 59.9 Å². The van der Waals surface area contributed by atoms with E-state index in [4.69, 9.17) is 37.9 Å². The molecular formula is C22H16N2O10. The molecule has 5 rings (SSSR count). The molecule has 2 aliphatic heterocycles. The molecule has 2 aliphatic rings. The average molecular weight is 468 g/mol. The number of hydrogen-bond donors (Lipinski definition) is 0. The molecule has 0 atom stereocenters. The molecule has 0 N–H and O–H groups in total. The predicted octanol–water partition coefficient (Wildman–Crippen LogP) is 3.37. The van der Waals surface area contributed by atoms with Crippen molar-refractivity contribution in [1.29, 1.82) is 0 Å². The zero-order chi connectivity index (χ0) is 23.3. The number of rotatable bonds is 6. The van der Waals surface area contributed by atoms with Gasteiger partial charge in [0.1, 0.15) is 19.5 Å². The minimum Gasteiger partial charge on any atom is -0.454 e. The zero-order valence-corrected chi connectivity index (χ0v) is 17.4. The second-order valence-corrected chi connectivity index (χ2v) is 6.85. The smallest absolute Gasteiger partial charge is 0.454 e. The van der Waals surface area contributed by atoms with Crippen molar-refractivity contribution in [2.75, 3.05) is 13.6 Å². The van der Waals surface area contributed by atoms with Gasteiger partial charge in [-0.2, -0.15) is 0 Å². The van der Waals surface area contributed by atoms with E-state index in [-0.39, 0.29) is 38.6 Å². The highest BCUT2D eigenvalue weighted by atomic mass is 16.7. The molecule has 0 aliphatic carbocycles. The first-order chi connectivity index (χ1) is 16.6. The van der Waals surface area contributed by atoms with Gasteiger partial charge in [0.2, 0.25) is 25.3 Å². The van der Waals surface area contributed by atoms with Gasteiger partial charge in [0, 0.05) is 0 Å². The second-order valence-electron chi connectivity index (χ2n) is 6.85. The molecule has 2 aromatic carbocycles. The van der Waals surface area contributed by atoms with Gasteiger partial charge in [-0.3, -0.25) is 0 Å². The minimum atomic E-state index is -1.01. The normalized spacial score (nSPS) is 12.7. The van der Waals surface area contributed by atoms with Gasteiger partial charge in [0.15, 0.2) is 23.0 Å². The number of aromatic nitrogens is 2. The van der Waals surface area contributed by atoms with Crippen LogP contribution in [0.2, 0.25) is 0 Å². The van der Waals surface area contributed by atoms with Crippen LogP contribution in [0.15, 0.2) is 48.8 Å². The van der Waals surface area contributed by atoms with Crippen LogP contribution >= 0.6 is 0 Å². The number of ether oxygens (including phenoxy) is 8. The molecule has 1 aromatic heterocycles. The van der Waals surface area contributed by atoms with Crippen LogP contribution in [-0.2, 0) is 22.7 Å². The molecule has 12 nitrogen and oxygen atoms in total. The fourth-order valence-corrected chi connectivity index (χ4v) is 3.01. The van der Waals surface area contributed by atoms with Crippen LogP contribution in [-0.4, -0.2) is 35.9 Å². The van der Waals surface area contributed by atoms with Gasteiger partial charge in [-0.1, -0.05) is 12.1 Å². The molecule has 174 valence electrons. The Labute approximate surface area is 191 Å². The van der Waals surface area contributed by atoms with E-state index >= 15 is 0 Å². The van der Waals surface area contributed by atoms with Crippen LogP contribution in [0.4, 0.5) is 9.59 Å². The summed E-state index contributed by atoms with van der Waals surface area (Å²) < 4.78 is 41.1. The summed E-state index contributed by atoms with van der Waals surface area (Å²) in [6, 6.07) is 11.4. The van der Waals surface area contributed by atoms with E-state index in [1.165, 1.54) is 0 Å². The van der Waals surface area contributed by atoms with Crippen molar-refractivity contribution in [2.45, 2.75) is 13.2 Å². The second kappa shape index (κ2) is 9.40. The molecule has 3 heterocycles. The van der Waals surface area contributed by atoms with Gasteiger partial charge in [-0.25, -0.2) is 19.6 Å².